The molecule has 4 nitrogen and oxygen atoms in total. The molecule has 0 heterocycles. The van der Waals surface area contributed by atoms with Crippen LogP contribution in [0.4, 0.5) is 5.69 Å². The number of nitrogens with two attached hydrogens (primary N) is 1. The monoisotopic (exact) mass is 311 g/mol. The topological polar surface area (TPSA) is 67.5 Å². The number of para-hydroxylation sites is 1. The van der Waals surface area contributed by atoms with E-state index in [2.05, 4.69) is 17.5 Å². The minimum Gasteiger partial charge on any atom is -0.398 e. The average Bonchev–Trinajstić information content (AvgIpc) is 2.51. The standard InChI is InChI=1S/C19H25N3O/c1-12(21-22-18(23)16-4-2-3-5-17(16)20)19-9-13-6-14(10-19)8-15(7-13)11-19/h2-5,13-15H,6-11,20H2,1H3,(H,22,23). The van der Waals surface area contributed by atoms with E-state index in [1.807, 2.05) is 12.1 Å². The lowest BCUT2D eigenvalue weighted by Gasteiger charge is -2.56. The third-order valence-electron chi connectivity index (χ3n) is 6.34. The van der Waals surface area contributed by atoms with Gasteiger partial charge >= 0.3 is 0 Å². The zero-order valence-corrected chi connectivity index (χ0v) is 13.7. The normalized spacial score (nSPS) is 35.3. The van der Waals surface area contributed by atoms with Crippen LogP contribution in [0.15, 0.2) is 29.4 Å². The van der Waals surface area contributed by atoms with Crippen LogP contribution in [0, 0.1) is 23.2 Å². The van der Waals surface area contributed by atoms with Crippen LogP contribution < -0.4 is 11.2 Å². The van der Waals surface area contributed by atoms with Gasteiger partial charge in [-0.2, -0.15) is 5.10 Å². The summed E-state index contributed by atoms with van der Waals surface area (Å²) in [5.41, 5.74) is 10.9. The van der Waals surface area contributed by atoms with Crippen molar-refractivity contribution in [3.05, 3.63) is 29.8 Å². The van der Waals surface area contributed by atoms with Crippen LogP contribution in [0.3, 0.4) is 0 Å². The number of carbonyl (C=O) groups is 1. The smallest absolute Gasteiger partial charge is 0.273 e. The van der Waals surface area contributed by atoms with E-state index in [4.69, 9.17) is 5.73 Å². The van der Waals surface area contributed by atoms with Crippen molar-refractivity contribution in [2.24, 2.45) is 28.3 Å². The summed E-state index contributed by atoms with van der Waals surface area (Å²) in [6.07, 6.45) is 8.03. The van der Waals surface area contributed by atoms with Crippen LogP contribution in [-0.2, 0) is 0 Å². The van der Waals surface area contributed by atoms with Gasteiger partial charge in [0.05, 0.1) is 5.56 Å². The van der Waals surface area contributed by atoms with Gasteiger partial charge < -0.3 is 5.73 Å². The Morgan fingerprint density at radius 3 is 2.26 bits per heavy atom. The van der Waals surface area contributed by atoms with Gasteiger partial charge in [0.1, 0.15) is 0 Å². The van der Waals surface area contributed by atoms with Crippen LogP contribution in [0.2, 0.25) is 0 Å². The summed E-state index contributed by atoms with van der Waals surface area (Å²) in [5.74, 6) is 2.43. The molecule has 122 valence electrons. The molecule has 0 atom stereocenters. The summed E-state index contributed by atoms with van der Waals surface area (Å²) in [6, 6.07) is 7.13. The van der Waals surface area contributed by atoms with Crippen molar-refractivity contribution < 1.29 is 4.79 Å². The number of nitrogens with zero attached hydrogens (tertiary/aromatic N) is 1. The van der Waals surface area contributed by atoms with Gasteiger partial charge in [0.25, 0.3) is 5.91 Å². The first kappa shape index (κ1) is 14.7. The summed E-state index contributed by atoms with van der Waals surface area (Å²) >= 11 is 0. The molecule has 4 fully saturated rings. The minimum absolute atomic E-state index is 0.216. The summed E-state index contributed by atoms with van der Waals surface area (Å²) in [5, 5.41) is 4.49. The fourth-order valence-corrected chi connectivity index (χ4v) is 5.57. The number of hydrogen-bond acceptors (Lipinski definition) is 3. The first-order valence-corrected chi connectivity index (χ1v) is 8.75. The number of anilines is 1. The van der Waals surface area contributed by atoms with E-state index in [-0.39, 0.29) is 11.3 Å². The SMILES string of the molecule is CC(=NNC(=O)c1ccccc1N)C12CC3CC(CC(C3)C1)C2. The Kier molecular flexibility index (Phi) is 3.43. The van der Waals surface area contributed by atoms with Gasteiger partial charge in [-0.25, -0.2) is 5.43 Å². The van der Waals surface area contributed by atoms with Crippen molar-refractivity contribution in [1.29, 1.82) is 0 Å². The lowest BCUT2D eigenvalue weighted by molar-refractivity contribution is -0.0128. The molecule has 1 aromatic rings. The van der Waals surface area contributed by atoms with Gasteiger partial charge in [-0.15, -0.1) is 0 Å². The number of nitrogens with one attached hydrogen (secondary N) is 1. The highest BCUT2D eigenvalue weighted by molar-refractivity contribution is 6.00. The molecular formula is C19H25N3O. The molecule has 4 aliphatic rings. The first-order chi connectivity index (χ1) is 11.1. The quantitative estimate of drug-likeness (QED) is 0.509. The van der Waals surface area contributed by atoms with Crippen molar-refractivity contribution in [2.75, 3.05) is 5.73 Å². The van der Waals surface area contributed by atoms with Gasteiger partial charge in [-0.1, -0.05) is 12.1 Å². The van der Waals surface area contributed by atoms with E-state index >= 15 is 0 Å². The average molecular weight is 311 g/mol. The van der Waals surface area contributed by atoms with Gasteiger partial charge in [0, 0.05) is 16.8 Å². The predicted molar refractivity (Wildman–Crippen MR) is 92.0 cm³/mol. The molecule has 0 spiro atoms. The van der Waals surface area contributed by atoms with Gasteiger partial charge in [-0.05, 0) is 75.3 Å². The zero-order chi connectivity index (χ0) is 16.0. The Labute approximate surface area is 137 Å². The van der Waals surface area contributed by atoms with Gasteiger partial charge in [0.15, 0.2) is 0 Å². The van der Waals surface area contributed by atoms with Crippen molar-refractivity contribution in [3.8, 4) is 0 Å². The highest BCUT2D eigenvalue weighted by atomic mass is 16.2. The molecule has 0 aromatic heterocycles. The summed E-state index contributed by atoms with van der Waals surface area (Å²) in [4.78, 5) is 12.3. The van der Waals surface area contributed by atoms with E-state index in [0.717, 1.165) is 23.5 Å². The Bertz CT molecular complexity index is 629. The second-order valence-electron chi connectivity index (χ2n) is 7.92. The largest absolute Gasteiger partial charge is 0.398 e. The summed E-state index contributed by atoms with van der Waals surface area (Å²) < 4.78 is 0. The minimum atomic E-state index is -0.216. The maximum atomic E-state index is 12.3. The first-order valence-electron chi connectivity index (χ1n) is 8.75. The van der Waals surface area contributed by atoms with E-state index in [1.54, 1.807) is 12.1 Å². The molecule has 0 unspecified atom stereocenters. The number of benzene rings is 1. The Balaban J connectivity index is 1.51. The molecule has 5 rings (SSSR count). The van der Waals surface area contributed by atoms with Crippen LogP contribution in [0.5, 0.6) is 0 Å². The molecule has 0 saturated heterocycles. The van der Waals surface area contributed by atoms with Crippen LogP contribution in [0.1, 0.15) is 55.8 Å². The Morgan fingerprint density at radius 1 is 1.13 bits per heavy atom. The number of hydrogen-bond donors (Lipinski definition) is 2. The van der Waals surface area contributed by atoms with E-state index in [9.17, 15) is 4.79 Å². The van der Waals surface area contributed by atoms with Crippen LogP contribution in [-0.4, -0.2) is 11.6 Å². The number of carbonyl (C=O) groups excluding carboxylic acids is 1. The second kappa shape index (κ2) is 5.36. The van der Waals surface area contributed by atoms with Crippen molar-refractivity contribution >= 4 is 17.3 Å². The Morgan fingerprint density at radius 2 is 1.70 bits per heavy atom. The van der Waals surface area contributed by atoms with Crippen LogP contribution >= 0.6 is 0 Å². The molecule has 1 aromatic carbocycles. The summed E-state index contributed by atoms with van der Waals surface area (Å²) in [7, 11) is 0. The molecule has 3 N–H and O–H groups in total. The third kappa shape index (κ3) is 2.54. The van der Waals surface area contributed by atoms with Crippen molar-refractivity contribution in [1.82, 2.24) is 5.43 Å². The fourth-order valence-electron chi connectivity index (χ4n) is 5.57. The predicted octanol–water partition coefficient (Wildman–Crippen LogP) is 3.59. The number of amides is 1. The van der Waals surface area contributed by atoms with Gasteiger partial charge in [0.2, 0.25) is 0 Å². The summed E-state index contributed by atoms with van der Waals surface area (Å²) in [6.45, 7) is 2.10. The second-order valence-corrected chi connectivity index (χ2v) is 7.92. The van der Waals surface area contributed by atoms with Gasteiger partial charge in [-0.3, -0.25) is 4.79 Å². The molecule has 0 aliphatic heterocycles. The maximum Gasteiger partial charge on any atom is 0.273 e. The van der Waals surface area contributed by atoms with Crippen LogP contribution in [0.25, 0.3) is 0 Å². The molecule has 4 heteroatoms. The molecular weight excluding hydrogens is 286 g/mol. The lowest BCUT2D eigenvalue weighted by Crippen LogP contribution is -2.49. The molecule has 4 bridgehead atoms. The molecule has 4 saturated carbocycles. The number of nitrogen functional groups attached to an aromatic ring is 1. The fraction of sp³-hybridized carbons (Fsp3) is 0.579. The van der Waals surface area contributed by atoms with E-state index in [0.29, 0.717) is 11.3 Å². The van der Waals surface area contributed by atoms with Crippen molar-refractivity contribution in [2.45, 2.75) is 45.4 Å². The molecule has 23 heavy (non-hydrogen) atoms. The lowest BCUT2D eigenvalue weighted by atomic mass is 9.48. The highest BCUT2D eigenvalue weighted by Gasteiger charge is 2.52. The van der Waals surface area contributed by atoms with E-state index in [1.165, 1.54) is 38.5 Å². The third-order valence-corrected chi connectivity index (χ3v) is 6.34. The zero-order valence-electron chi connectivity index (χ0n) is 13.7. The highest BCUT2D eigenvalue weighted by Crippen LogP contribution is 2.60. The van der Waals surface area contributed by atoms with E-state index < -0.39 is 0 Å². The maximum absolute atomic E-state index is 12.3. The number of rotatable bonds is 3. The Hall–Kier alpha value is -1.84. The number of hydrazone groups is 1. The van der Waals surface area contributed by atoms with Crippen molar-refractivity contribution in [3.63, 3.8) is 0 Å². The molecule has 0 radical (unpaired) electrons. The molecule has 4 aliphatic carbocycles. The molecule has 1 amide bonds.